The molecule has 4 aromatic carbocycles. The number of hydrogen-bond acceptors (Lipinski definition) is 6. The zero-order chi connectivity index (χ0) is 35.6. The largest absolute Gasteiger partial charge is 0.492 e. The van der Waals surface area contributed by atoms with Gasteiger partial charge in [0.15, 0.2) is 0 Å². The summed E-state index contributed by atoms with van der Waals surface area (Å²) in [5.74, 6) is -0.654. The number of benzene rings is 4. The number of sulfonamides is 1. The van der Waals surface area contributed by atoms with Crippen LogP contribution >= 0.6 is 35.0 Å². The molecule has 4 aromatic rings. The van der Waals surface area contributed by atoms with E-state index in [0.29, 0.717) is 27.8 Å². The fourth-order valence-electron chi connectivity index (χ4n) is 5.16. The molecule has 0 spiro atoms. The van der Waals surface area contributed by atoms with Crippen LogP contribution in [0.25, 0.3) is 0 Å². The highest BCUT2D eigenvalue weighted by atomic mass is 35.5. The van der Waals surface area contributed by atoms with Crippen LogP contribution in [0.3, 0.4) is 0 Å². The molecule has 8 nitrogen and oxygen atoms in total. The number of carbonyl (C=O) groups excluding carboxylic acids is 2. The highest BCUT2D eigenvalue weighted by molar-refractivity contribution is 7.98. The van der Waals surface area contributed by atoms with E-state index in [1.54, 1.807) is 61.5 Å². The number of para-hydroxylation sites is 2. The van der Waals surface area contributed by atoms with Crippen LogP contribution in [0.4, 0.5) is 5.69 Å². The Hall–Kier alpha value is -3.70. The number of ether oxygens (including phenoxy) is 1. The molecule has 0 heterocycles. The van der Waals surface area contributed by atoms with Crippen molar-refractivity contribution in [3.8, 4) is 5.75 Å². The summed E-state index contributed by atoms with van der Waals surface area (Å²) in [5.41, 5.74) is 1.65. The first-order valence-electron chi connectivity index (χ1n) is 15.9. The van der Waals surface area contributed by atoms with Gasteiger partial charge in [-0.2, -0.15) is 0 Å². The molecule has 12 heteroatoms. The minimum absolute atomic E-state index is 0.00998. The number of nitrogens with one attached hydrogen (secondary N) is 1. The first kappa shape index (κ1) is 38.1. The van der Waals surface area contributed by atoms with Gasteiger partial charge in [0, 0.05) is 23.9 Å². The molecule has 2 amide bonds. The molecular formula is C37H41Cl2N3O5S2. The van der Waals surface area contributed by atoms with E-state index in [-0.39, 0.29) is 42.1 Å². The van der Waals surface area contributed by atoms with Crippen LogP contribution in [0.1, 0.15) is 38.3 Å². The highest BCUT2D eigenvalue weighted by Crippen LogP contribution is 2.34. The lowest BCUT2D eigenvalue weighted by molar-refractivity contribution is -0.140. The number of halogens is 2. The molecule has 0 aliphatic rings. The number of hydrogen-bond donors (Lipinski definition) is 1. The summed E-state index contributed by atoms with van der Waals surface area (Å²) in [4.78, 5) is 31.1. The zero-order valence-corrected chi connectivity index (χ0v) is 31.1. The Morgan fingerprint density at radius 1 is 0.878 bits per heavy atom. The third kappa shape index (κ3) is 9.94. The van der Waals surface area contributed by atoms with E-state index >= 15 is 0 Å². The second-order valence-corrected chi connectivity index (χ2v) is 14.9. The molecule has 0 aliphatic heterocycles. The molecule has 0 aromatic heterocycles. The fourth-order valence-corrected chi connectivity index (χ4v) is 7.31. The molecule has 49 heavy (non-hydrogen) atoms. The van der Waals surface area contributed by atoms with Crippen molar-refractivity contribution in [1.29, 1.82) is 0 Å². The SMILES string of the molecule is CCOc1ccccc1N(CC(=O)N(Cc1ccc(Cl)c(Cl)c1)[C@@H](Cc1ccccc1)C(=O)N[C@H](C)CC)S(=O)(=O)c1ccc(SC)cc1. The maximum absolute atomic E-state index is 14.8. The molecule has 4 rings (SSSR count). The predicted molar refractivity (Wildman–Crippen MR) is 199 cm³/mol. The van der Waals surface area contributed by atoms with Crippen molar-refractivity contribution in [3.63, 3.8) is 0 Å². The molecule has 0 radical (unpaired) electrons. The Kier molecular flexibility index (Phi) is 13.8. The number of thioether (sulfide) groups is 1. The van der Waals surface area contributed by atoms with E-state index in [1.807, 2.05) is 50.4 Å². The first-order chi connectivity index (χ1) is 23.5. The quantitative estimate of drug-likeness (QED) is 0.118. The van der Waals surface area contributed by atoms with Crippen molar-refractivity contribution in [1.82, 2.24) is 10.2 Å². The lowest BCUT2D eigenvalue weighted by Gasteiger charge is -2.34. The number of rotatable bonds is 16. The lowest BCUT2D eigenvalue weighted by atomic mass is 10.0. The topological polar surface area (TPSA) is 96.0 Å². The van der Waals surface area contributed by atoms with Crippen LogP contribution < -0.4 is 14.4 Å². The number of nitrogens with zero attached hydrogens (tertiary/aromatic N) is 2. The summed E-state index contributed by atoms with van der Waals surface area (Å²) in [7, 11) is -4.30. The smallest absolute Gasteiger partial charge is 0.264 e. The fraction of sp³-hybridized carbons (Fsp3) is 0.297. The molecule has 0 fully saturated rings. The van der Waals surface area contributed by atoms with Crippen LogP contribution in [0.15, 0.2) is 107 Å². The predicted octanol–water partition coefficient (Wildman–Crippen LogP) is 7.86. The van der Waals surface area contributed by atoms with Crippen LogP contribution in [-0.2, 0) is 32.6 Å². The molecule has 0 saturated heterocycles. The zero-order valence-electron chi connectivity index (χ0n) is 27.9. The normalized spacial score (nSPS) is 12.5. The standard InChI is InChI=1S/C37H41Cl2N3O5S2/c1-5-26(3)40-37(44)34(23-27-12-8-7-9-13-27)41(24-28-16-21-31(38)32(39)22-28)36(43)25-42(33-14-10-11-15-35(33)47-6-2)49(45,46)30-19-17-29(48-4)18-20-30/h7-22,26,34H,5-6,23-25H2,1-4H3,(H,40,44)/t26-,34+/m1/s1. The Morgan fingerprint density at radius 3 is 2.18 bits per heavy atom. The van der Waals surface area contributed by atoms with Gasteiger partial charge in [-0.15, -0.1) is 11.8 Å². The van der Waals surface area contributed by atoms with Crippen LogP contribution in [-0.4, -0.2) is 56.6 Å². The van der Waals surface area contributed by atoms with Gasteiger partial charge >= 0.3 is 0 Å². The maximum Gasteiger partial charge on any atom is 0.264 e. The molecule has 1 N–H and O–H groups in total. The Bertz CT molecular complexity index is 1830. The summed E-state index contributed by atoms with van der Waals surface area (Å²) < 4.78 is 35.8. The summed E-state index contributed by atoms with van der Waals surface area (Å²) in [6, 6.07) is 26.4. The minimum Gasteiger partial charge on any atom is -0.492 e. The molecule has 0 unspecified atom stereocenters. The number of amides is 2. The van der Waals surface area contributed by atoms with E-state index in [9.17, 15) is 18.0 Å². The van der Waals surface area contributed by atoms with Crippen molar-refractivity contribution >= 4 is 62.5 Å². The summed E-state index contributed by atoms with van der Waals surface area (Å²) in [6.07, 6.45) is 2.77. The van der Waals surface area contributed by atoms with Gasteiger partial charge in [-0.25, -0.2) is 8.42 Å². The number of anilines is 1. The van der Waals surface area contributed by atoms with E-state index in [0.717, 1.165) is 14.8 Å². The van der Waals surface area contributed by atoms with Gasteiger partial charge in [0.1, 0.15) is 18.3 Å². The molecule has 0 bridgehead atoms. The molecular weight excluding hydrogens is 701 g/mol. The van der Waals surface area contributed by atoms with Crippen LogP contribution in [0, 0.1) is 0 Å². The first-order valence-corrected chi connectivity index (χ1v) is 19.4. The van der Waals surface area contributed by atoms with E-state index in [2.05, 4.69) is 5.32 Å². The van der Waals surface area contributed by atoms with E-state index in [1.165, 1.54) is 28.8 Å². The van der Waals surface area contributed by atoms with Gasteiger partial charge in [0.05, 0.1) is 27.2 Å². The molecule has 260 valence electrons. The van der Waals surface area contributed by atoms with Gasteiger partial charge in [0.25, 0.3) is 10.0 Å². The second-order valence-electron chi connectivity index (χ2n) is 11.4. The summed E-state index contributed by atoms with van der Waals surface area (Å²) in [5, 5.41) is 3.67. The second kappa shape index (κ2) is 17.8. The molecule has 0 aliphatic carbocycles. The van der Waals surface area contributed by atoms with Crippen molar-refractivity contribution in [2.24, 2.45) is 0 Å². The Labute approximate surface area is 303 Å². The van der Waals surface area contributed by atoms with Gasteiger partial charge < -0.3 is 15.0 Å². The minimum atomic E-state index is -4.30. The summed E-state index contributed by atoms with van der Waals surface area (Å²) in [6.45, 7) is 5.28. The average molecular weight is 743 g/mol. The molecule has 0 saturated carbocycles. The highest BCUT2D eigenvalue weighted by Gasteiger charge is 2.36. The van der Waals surface area contributed by atoms with Gasteiger partial charge in [-0.3, -0.25) is 13.9 Å². The molecule has 2 atom stereocenters. The third-order valence-electron chi connectivity index (χ3n) is 7.97. The van der Waals surface area contributed by atoms with Crippen molar-refractivity contribution in [2.45, 2.75) is 62.0 Å². The van der Waals surface area contributed by atoms with Crippen molar-refractivity contribution in [3.05, 3.63) is 118 Å². The van der Waals surface area contributed by atoms with Crippen LogP contribution in [0.5, 0.6) is 5.75 Å². The third-order valence-corrected chi connectivity index (χ3v) is 11.2. The van der Waals surface area contributed by atoms with Gasteiger partial charge in [-0.05, 0) is 86.2 Å². The van der Waals surface area contributed by atoms with E-state index in [4.69, 9.17) is 27.9 Å². The average Bonchev–Trinajstić information content (AvgIpc) is 3.10. The Balaban J connectivity index is 1.86. The van der Waals surface area contributed by atoms with E-state index < -0.39 is 28.5 Å². The Morgan fingerprint density at radius 2 is 1.55 bits per heavy atom. The van der Waals surface area contributed by atoms with Crippen molar-refractivity contribution < 1.29 is 22.7 Å². The lowest BCUT2D eigenvalue weighted by Crippen LogP contribution is -2.54. The summed E-state index contributed by atoms with van der Waals surface area (Å²) >= 11 is 14.1. The van der Waals surface area contributed by atoms with Crippen LogP contribution in [0.2, 0.25) is 10.0 Å². The van der Waals surface area contributed by atoms with Gasteiger partial charge in [0.2, 0.25) is 11.8 Å². The maximum atomic E-state index is 14.8. The monoisotopic (exact) mass is 741 g/mol. The van der Waals surface area contributed by atoms with Gasteiger partial charge in [-0.1, -0.05) is 78.7 Å². The van der Waals surface area contributed by atoms with Crippen molar-refractivity contribution in [2.75, 3.05) is 23.7 Å². The number of carbonyl (C=O) groups is 2.